The Balaban J connectivity index is 2.15. The Hall–Kier alpha value is -2.50. The lowest BCUT2D eigenvalue weighted by Gasteiger charge is -2.15. The van der Waals surface area contributed by atoms with Gasteiger partial charge in [-0.05, 0) is 32.4 Å². The number of carbonyl (C=O) groups excluding carboxylic acids is 1. The predicted octanol–water partition coefficient (Wildman–Crippen LogP) is 6.03. The molecule has 0 radical (unpaired) electrons. The standard InChI is InChI=1S/C24H34O6/c1-5-6-7-8-9-10-11-12-16-27-22-19-14-13-15-20(28-17(2)3)21(19)30-24(26)23(22)29-18(4)25/h13-15,17H,5-12,16H2,1-4H3. The van der Waals surface area contributed by atoms with Gasteiger partial charge in [0.1, 0.15) is 0 Å². The maximum absolute atomic E-state index is 12.5. The summed E-state index contributed by atoms with van der Waals surface area (Å²) in [5.74, 6) is -0.135. The van der Waals surface area contributed by atoms with Crippen molar-refractivity contribution in [2.45, 2.75) is 85.2 Å². The van der Waals surface area contributed by atoms with Crippen LogP contribution >= 0.6 is 0 Å². The first-order valence-corrected chi connectivity index (χ1v) is 11.0. The van der Waals surface area contributed by atoms with E-state index in [0.29, 0.717) is 17.7 Å². The highest BCUT2D eigenvalue weighted by Gasteiger charge is 2.21. The first kappa shape index (κ1) is 23.8. The van der Waals surface area contributed by atoms with Crippen LogP contribution < -0.4 is 19.8 Å². The predicted molar refractivity (Wildman–Crippen MR) is 118 cm³/mol. The van der Waals surface area contributed by atoms with Gasteiger partial charge in [-0.3, -0.25) is 4.79 Å². The molecule has 0 aliphatic carbocycles. The van der Waals surface area contributed by atoms with Crippen molar-refractivity contribution in [1.82, 2.24) is 0 Å². The van der Waals surface area contributed by atoms with Crippen LogP contribution in [0.2, 0.25) is 0 Å². The number of esters is 1. The third kappa shape index (κ3) is 7.08. The van der Waals surface area contributed by atoms with E-state index in [1.807, 2.05) is 13.8 Å². The molecular weight excluding hydrogens is 384 g/mol. The molecule has 0 bridgehead atoms. The van der Waals surface area contributed by atoms with E-state index in [1.54, 1.807) is 18.2 Å². The van der Waals surface area contributed by atoms with Gasteiger partial charge in [-0.2, -0.15) is 0 Å². The Morgan fingerprint density at radius 3 is 2.30 bits per heavy atom. The summed E-state index contributed by atoms with van der Waals surface area (Å²) in [5.41, 5.74) is -0.471. The number of unbranched alkanes of at least 4 members (excludes halogenated alkanes) is 7. The maximum Gasteiger partial charge on any atom is 0.383 e. The fourth-order valence-corrected chi connectivity index (χ4v) is 3.29. The second-order valence-electron chi connectivity index (χ2n) is 7.76. The van der Waals surface area contributed by atoms with Crippen molar-refractivity contribution in [3.63, 3.8) is 0 Å². The summed E-state index contributed by atoms with van der Waals surface area (Å²) in [6.07, 6.45) is 9.33. The Bertz CT molecular complexity index is 868. The molecule has 1 aromatic heterocycles. The molecule has 0 aliphatic heterocycles. The van der Waals surface area contributed by atoms with Crippen LogP contribution in [0.5, 0.6) is 17.2 Å². The van der Waals surface area contributed by atoms with Gasteiger partial charge in [-0.15, -0.1) is 0 Å². The average Bonchev–Trinajstić information content (AvgIpc) is 2.68. The second kappa shape index (κ2) is 12.3. The number of fused-ring (bicyclic) bond motifs is 1. The molecule has 2 aromatic rings. The van der Waals surface area contributed by atoms with Crippen molar-refractivity contribution < 1.29 is 23.4 Å². The van der Waals surface area contributed by atoms with Gasteiger partial charge in [0.2, 0.25) is 0 Å². The van der Waals surface area contributed by atoms with E-state index >= 15 is 0 Å². The number of benzene rings is 1. The van der Waals surface area contributed by atoms with Gasteiger partial charge in [0.25, 0.3) is 5.75 Å². The fraction of sp³-hybridized carbons (Fsp3) is 0.583. The zero-order chi connectivity index (χ0) is 21.9. The summed E-state index contributed by atoms with van der Waals surface area (Å²) in [7, 11) is 0. The van der Waals surface area contributed by atoms with E-state index in [0.717, 1.165) is 19.3 Å². The molecule has 1 aromatic carbocycles. The molecule has 2 rings (SSSR count). The fourth-order valence-electron chi connectivity index (χ4n) is 3.29. The summed E-state index contributed by atoms with van der Waals surface area (Å²) in [6.45, 7) is 7.67. The molecule has 0 saturated carbocycles. The van der Waals surface area contributed by atoms with Crippen LogP contribution in [0, 0.1) is 0 Å². The van der Waals surface area contributed by atoms with Crippen molar-refractivity contribution in [3.8, 4) is 17.2 Å². The molecule has 0 unspecified atom stereocenters. The summed E-state index contributed by atoms with van der Waals surface area (Å²) >= 11 is 0. The number of carbonyl (C=O) groups is 1. The largest absolute Gasteiger partial charge is 0.489 e. The Labute approximate surface area is 178 Å². The van der Waals surface area contributed by atoms with E-state index < -0.39 is 11.6 Å². The minimum atomic E-state index is -0.761. The number of para-hydroxylation sites is 1. The maximum atomic E-state index is 12.5. The summed E-state index contributed by atoms with van der Waals surface area (Å²) < 4.78 is 22.3. The molecule has 0 fully saturated rings. The minimum absolute atomic E-state index is 0.0873. The average molecular weight is 419 g/mol. The van der Waals surface area contributed by atoms with Gasteiger partial charge in [-0.25, -0.2) is 4.79 Å². The summed E-state index contributed by atoms with van der Waals surface area (Å²) in [4.78, 5) is 24.0. The summed E-state index contributed by atoms with van der Waals surface area (Å²) in [5, 5.41) is 0.545. The Morgan fingerprint density at radius 2 is 1.67 bits per heavy atom. The molecule has 0 spiro atoms. The van der Waals surface area contributed by atoms with Crippen molar-refractivity contribution in [1.29, 1.82) is 0 Å². The van der Waals surface area contributed by atoms with Crippen LogP contribution in [0.3, 0.4) is 0 Å². The van der Waals surface area contributed by atoms with Gasteiger partial charge in [0, 0.05) is 6.92 Å². The molecule has 6 heteroatoms. The zero-order valence-electron chi connectivity index (χ0n) is 18.6. The number of hydrogen-bond acceptors (Lipinski definition) is 6. The monoisotopic (exact) mass is 418 g/mol. The van der Waals surface area contributed by atoms with E-state index in [1.165, 1.54) is 39.0 Å². The minimum Gasteiger partial charge on any atom is -0.489 e. The highest BCUT2D eigenvalue weighted by atomic mass is 16.6. The van der Waals surface area contributed by atoms with E-state index in [9.17, 15) is 9.59 Å². The molecule has 6 nitrogen and oxygen atoms in total. The smallest absolute Gasteiger partial charge is 0.383 e. The normalized spacial score (nSPS) is 11.1. The van der Waals surface area contributed by atoms with Crippen LogP contribution in [0.4, 0.5) is 0 Å². The quantitative estimate of drug-likeness (QED) is 0.225. The number of hydrogen-bond donors (Lipinski definition) is 0. The second-order valence-corrected chi connectivity index (χ2v) is 7.76. The SMILES string of the molecule is CCCCCCCCCCOc1c(OC(C)=O)c(=O)oc2c(OC(C)C)cccc12. The van der Waals surface area contributed by atoms with Crippen molar-refractivity contribution in [2.24, 2.45) is 0 Å². The first-order chi connectivity index (χ1) is 14.4. The van der Waals surface area contributed by atoms with Gasteiger partial charge in [-0.1, -0.05) is 57.9 Å². The van der Waals surface area contributed by atoms with Gasteiger partial charge >= 0.3 is 11.6 Å². The highest BCUT2D eigenvalue weighted by molar-refractivity contribution is 5.90. The Morgan fingerprint density at radius 1 is 1.00 bits per heavy atom. The molecule has 30 heavy (non-hydrogen) atoms. The Kier molecular flexibility index (Phi) is 9.71. The third-order valence-corrected chi connectivity index (χ3v) is 4.66. The van der Waals surface area contributed by atoms with Crippen molar-refractivity contribution in [2.75, 3.05) is 6.61 Å². The molecule has 0 saturated heterocycles. The third-order valence-electron chi connectivity index (χ3n) is 4.66. The van der Waals surface area contributed by atoms with Crippen LogP contribution in [-0.4, -0.2) is 18.7 Å². The molecular formula is C24H34O6. The molecule has 0 aliphatic rings. The van der Waals surface area contributed by atoms with E-state index in [-0.39, 0.29) is 23.2 Å². The summed E-state index contributed by atoms with van der Waals surface area (Å²) in [6, 6.07) is 5.29. The topological polar surface area (TPSA) is 75.0 Å². The molecule has 0 amide bonds. The van der Waals surface area contributed by atoms with E-state index in [4.69, 9.17) is 18.6 Å². The van der Waals surface area contributed by atoms with Gasteiger partial charge in [0.05, 0.1) is 18.1 Å². The molecule has 0 N–H and O–H groups in total. The first-order valence-electron chi connectivity index (χ1n) is 11.0. The lowest BCUT2D eigenvalue weighted by Crippen LogP contribution is -2.14. The molecule has 1 heterocycles. The van der Waals surface area contributed by atoms with Crippen LogP contribution in [-0.2, 0) is 4.79 Å². The molecule has 166 valence electrons. The van der Waals surface area contributed by atoms with Crippen LogP contribution in [0.15, 0.2) is 27.4 Å². The van der Waals surface area contributed by atoms with Crippen molar-refractivity contribution in [3.05, 3.63) is 28.6 Å². The number of ether oxygens (including phenoxy) is 3. The van der Waals surface area contributed by atoms with Crippen molar-refractivity contribution >= 4 is 16.9 Å². The van der Waals surface area contributed by atoms with E-state index in [2.05, 4.69) is 6.92 Å². The van der Waals surface area contributed by atoms with Crippen LogP contribution in [0.1, 0.15) is 79.1 Å². The highest BCUT2D eigenvalue weighted by Crippen LogP contribution is 2.37. The number of rotatable bonds is 13. The van der Waals surface area contributed by atoms with Crippen LogP contribution in [0.25, 0.3) is 11.0 Å². The van der Waals surface area contributed by atoms with Gasteiger partial charge < -0.3 is 18.6 Å². The lowest BCUT2D eigenvalue weighted by molar-refractivity contribution is -0.132. The van der Waals surface area contributed by atoms with Gasteiger partial charge in [0.15, 0.2) is 17.1 Å². The lowest BCUT2D eigenvalue weighted by atomic mass is 10.1. The molecule has 0 atom stereocenters. The zero-order valence-corrected chi connectivity index (χ0v) is 18.6.